The molecule has 0 fully saturated rings. The summed E-state index contributed by atoms with van der Waals surface area (Å²) in [6, 6.07) is 0. The maximum atomic E-state index is 10.1. The van der Waals surface area contributed by atoms with E-state index in [1.54, 1.807) is 0 Å². The molecule has 0 aromatic rings. The van der Waals surface area contributed by atoms with Gasteiger partial charge in [-0.15, -0.1) is 22.9 Å². The molecule has 0 spiro atoms. The third-order valence-corrected chi connectivity index (χ3v) is 1.18. The zero-order valence-corrected chi connectivity index (χ0v) is 8.69. The van der Waals surface area contributed by atoms with Gasteiger partial charge in [0, 0.05) is 0 Å². The van der Waals surface area contributed by atoms with Crippen LogP contribution in [-0.4, -0.2) is 16.1 Å². The predicted octanol–water partition coefficient (Wildman–Crippen LogP) is -2.01. The van der Waals surface area contributed by atoms with Crippen molar-refractivity contribution >= 4 is 18.6 Å². The maximum Gasteiger partial charge on any atom is 1.00 e. The van der Waals surface area contributed by atoms with Gasteiger partial charge in [0.15, 0.2) is 0 Å². The van der Waals surface area contributed by atoms with Gasteiger partial charge in [0.1, 0.15) is 6.42 Å². The average molecular weight is 184 g/mol. The molecule has 1 aliphatic rings. The molecule has 0 saturated heterocycles. The molecule has 8 heteroatoms. The molecular formula is C3H5N4NaO2S. The maximum absolute atomic E-state index is 10.1. The van der Waals surface area contributed by atoms with Gasteiger partial charge in [-0.3, -0.25) is 4.79 Å². The monoisotopic (exact) mass is 184 g/mol. The second-order valence-corrected chi connectivity index (χ2v) is 2.44. The molecule has 56 valence electrons. The second kappa shape index (κ2) is 4.15. The van der Waals surface area contributed by atoms with Crippen molar-refractivity contribution in [2.45, 2.75) is 11.4 Å². The van der Waals surface area contributed by atoms with E-state index in [-0.39, 0.29) is 37.4 Å². The van der Waals surface area contributed by atoms with E-state index in [0.717, 1.165) is 0 Å². The van der Waals surface area contributed by atoms with Gasteiger partial charge in [0.05, 0.1) is 0 Å². The van der Waals surface area contributed by atoms with E-state index in [0.29, 0.717) is 0 Å². The third-order valence-electron chi connectivity index (χ3n) is 0.838. The van der Waals surface area contributed by atoms with Gasteiger partial charge in [-0.2, -0.15) is 0 Å². The Bertz CT molecular complexity index is 210. The number of carboxylic acid groups (broad SMARTS) is 1. The molecule has 0 aliphatic carbocycles. The van der Waals surface area contributed by atoms with E-state index >= 15 is 0 Å². The van der Waals surface area contributed by atoms with E-state index in [1.807, 2.05) is 0 Å². The molecule has 11 heavy (non-hydrogen) atoms. The molecular weight excluding hydrogens is 179 g/mol. The molecule has 0 amide bonds. The van der Waals surface area contributed by atoms with Crippen molar-refractivity contribution in [2.24, 2.45) is 20.7 Å². The molecule has 0 unspecified atom stereocenters. The first-order chi connectivity index (χ1) is 4.62. The van der Waals surface area contributed by atoms with E-state index in [1.165, 1.54) is 0 Å². The molecule has 1 aliphatic heterocycles. The minimum Gasteiger partial charge on any atom is -1.00 e. The molecule has 0 radical (unpaired) electrons. The summed E-state index contributed by atoms with van der Waals surface area (Å²) in [5, 5.41) is 21.3. The fraction of sp³-hybridized carbons (Fsp3) is 0.667. The SMILES string of the molecule is O=C(O)CC1(S)N=NN=N1.[H-].[Na+]. The Labute approximate surface area is 91.3 Å². The first-order valence-electron chi connectivity index (χ1n) is 2.41. The predicted molar refractivity (Wildman–Crippen MR) is 34.8 cm³/mol. The number of aliphatic carboxylic acids is 1. The molecule has 1 heterocycles. The summed E-state index contributed by atoms with van der Waals surface area (Å²) in [6.07, 6.45) is -0.302. The van der Waals surface area contributed by atoms with Crippen LogP contribution >= 0.6 is 12.6 Å². The summed E-state index contributed by atoms with van der Waals surface area (Å²) in [5.74, 6) is -1.03. The standard InChI is InChI=1S/C3H4N4O2S.Na.H/c8-2(9)1-3(10)4-6-7-5-3;;/h10H,1H2,(H,8,9);;/q;+1;-1. The molecule has 6 nitrogen and oxygen atoms in total. The van der Waals surface area contributed by atoms with Crippen LogP contribution in [0.1, 0.15) is 7.85 Å². The van der Waals surface area contributed by atoms with Gasteiger partial charge in [-0.1, -0.05) is 0 Å². The van der Waals surface area contributed by atoms with Crippen LogP contribution in [0.4, 0.5) is 0 Å². The summed E-state index contributed by atoms with van der Waals surface area (Å²) in [5.41, 5.74) is 0. The zero-order valence-electron chi connectivity index (χ0n) is 6.80. The number of nitrogens with zero attached hydrogens (tertiary/aromatic N) is 4. The Morgan fingerprint density at radius 3 is 2.36 bits per heavy atom. The first kappa shape index (κ1) is 11.0. The summed E-state index contributed by atoms with van der Waals surface area (Å²) >= 11 is 3.82. The van der Waals surface area contributed by atoms with Crippen LogP contribution in [0.2, 0.25) is 0 Å². The number of hydrogen-bond donors (Lipinski definition) is 2. The van der Waals surface area contributed by atoms with Gasteiger partial charge >= 0.3 is 35.5 Å². The van der Waals surface area contributed by atoms with Crippen LogP contribution in [-0.2, 0) is 4.79 Å². The average Bonchev–Trinajstić information content (AvgIpc) is 2.12. The summed E-state index contributed by atoms with van der Waals surface area (Å²) in [7, 11) is 0. The molecule has 0 aromatic heterocycles. The number of thiol groups is 1. The van der Waals surface area contributed by atoms with E-state index in [9.17, 15) is 4.79 Å². The van der Waals surface area contributed by atoms with E-state index in [4.69, 9.17) is 5.11 Å². The molecule has 1 rings (SSSR count). The molecule has 0 bridgehead atoms. The van der Waals surface area contributed by atoms with Crippen molar-refractivity contribution in [3.63, 3.8) is 0 Å². The van der Waals surface area contributed by atoms with Gasteiger partial charge in [-0.25, -0.2) is 0 Å². The Morgan fingerprint density at radius 2 is 2.00 bits per heavy atom. The van der Waals surface area contributed by atoms with Crippen LogP contribution < -0.4 is 29.6 Å². The van der Waals surface area contributed by atoms with Crippen molar-refractivity contribution in [2.75, 3.05) is 0 Å². The van der Waals surface area contributed by atoms with Crippen LogP contribution in [0, 0.1) is 0 Å². The van der Waals surface area contributed by atoms with Crippen molar-refractivity contribution in [1.29, 1.82) is 0 Å². The number of hydrogen-bond acceptors (Lipinski definition) is 6. The third kappa shape index (κ3) is 3.28. The first-order valence-corrected chi connectivity index (χ1v) is 2.85. The Kier molecular flexibility index (Phi) is 4.16. The summed E-state index contributed by atoms with van der Waals surface area (Å²) in [4.78, 5) is 8.84. The van der Waals surface area contributed by atoms with Crippen molar-refractivity contribution in [1.82, 2.24) is 0 Å². The molecule has 0 atom stereocenters. The molecule has 1 N–H and O–H groups in total. The normalized spacial score (nSPS) is 17.9. The van der Waals surface area contributed by atoms with Crippen LogP contribution in [0.5, 0.6) is 0 Å². The summed E-state index contributed by atoms with van der Waals surface area (Å²) < 4.78 is 0. The van der Waals surface area contributed by atoms with E-state index < -0.39 is 11.0 Å². The Balaban J connectivity index is 0. The van der Waals surface area contributed by atoms with E-state index in [2.05, 4.69) is 33.3 Å². The van der Waals surface area contributed by atoms with Crippen LogP contribution in [0.3, 0.4) is 0 Å². The minimum atomic E-state index is -1.27. The van der Waals surface area contributed by atoms with Crippen molar-refractivity contribution in [3.05, 3.63) is 0 Å². The quantitative estimate of drug-likeness (QED) is 0.384. The van der Waals surface area contributed by atoms with Crippen molar-refractivity contribution in [3.8, 4) is 0 Å². The largest absolute Gasteiger partial charge is 1.00 e. The van der Waals surface area contributed by atoms with Gasteiger partial charge < -0.3 is 6.53 Å². The topological polar surface area (TPSA) is 86.7 Å². The minimum absolute atomic E-state index is 0. The Morgan fingerprint density at radius 1 is 1.55 bits per heavy atom. The number of rotatable bonds is 2. The van der Waals surface area contributed by atoms with Crippen LogP contribution in [0.25, 0.3) is 0 Å². The molecule has 0 saturated carbocycles. The summed E-state index contributed by atoms with van der Waals surface area (Å²) in [6.45, 7) is 0. The van der Waals surface area contributed by atoms with Crippen molar-refractivity contribution < 1.29 is 40.9 Å². The number of carboxylic acids is 1. The molecule has 0 aromatic carbocycles. The van der Waals surface area contributed by atoms with Gasteiger partial charge in [0.2, 0.25) is 4.99 Å². The zero-order chi connectivity index (χ0) is 7.61. The Hall–Kier alpha value is 0.0200. The number of carbonyl (C=O) groups is 1. The van der Waals surface area contributed by atoms with Crippen LogP contribution in [0.15, 0.2) is 20.7 Å². The van der Waals surface area contributed by atoms with Gasteiger partial charge in [-0.05, 0) is 10.4 Å². The van der Waals surface area contributed by atoms with Gasteiger partial charge in [0.25, 0.3) is 0 Å². The fourth-order valence-electron chi connectivity index (χ4n) is 0.477. The smallest absolute Gasteiger partial charge is 1.00 e. The fourth-order valence-corrected chi connectivity index (χ4v) is 0.692. The second-order valence-electron chi connectivity index (χ2n) is 1.72.